The van der Waals surface area contributed by atoms with E-state index < -0.39 is 67.2 Å². The summed E-state index contributed by atoms with van der Waals surface area (Å²) in [6, 6.07) is -0.689. The summed E-state index contributed by atoms with van der Waals surface area (Å²) in [6.07, 6.45) is 7.10. The Morgan fingerprint density at radius 1 is 1.14 bits per heavy atom. The molecular weight excluding hydrogens is 578 g/mol. The van der Waals surface area contributed by atoms with E-state index in [1.54, 1.807) is 20.8 Å². The number of carbonyl (C=O) groups excluding carboxylic acids is 3. The Morgan fingerprint density at radius 3 is 2.25 bits per heavy atom. The van der Waals surface area contributed by atoms with E-state index in [0.29, 0.717) is 12.6 Å². The van der Waals surface area contributed by atoms with Crippen LogP contribution in [0, 0.1) is 11.8 Å². The average molecular weight is 634 g/mol. The van der Waals surface area contributed by atoms with Crippen LogP contribution in [0.5, 0.6) is 0 Å². The Hall–Kier alpha value is -2.50. The van der Waals surface area contributed by atoms with Crippen LogP contribution in [0.25, 0.3) is 0 Å². The Morgan fingerprint density at radius 2 is 1.77 bits per heavy atom. The van der Waals surface area contributed by atoms with Gasteiger partial charge in [0.15, 0.2) is 8.32 Å². The van der Waals surface area contributed by atoms with E-state index in [-0.39, 0.29) is 31.0 Å². The summed E-state index contributed by atoms with van der Waals surface area (Å²) < 4.78 is 12.4. The molecule has 0 aromatic heterocycles. The molecule has 2 aliphatic carbocycles. The molecule has 10 nitrogen and oxygen atoms in total. The summed E-state index contributed by atoms with van der Waals surface area (Å²) >= 11 is 0. The van der Waals surface area contributed by atoms with Crippen LogP contribution in [0.4, 0.5) is 0 Å². The number of likely N-dealkylation sites (tertiary alicyclic amines) is 1. The largest absolute Gasteiger partial charge is 0.479 e. The molecule has 5 atom stereocenters. The molecule has 0 aromatic rings. The van der Waals surface area contributed by atoms with Gasteiger partial charge < -0.3 is 24.5 Å². The van der Waals surface area contributed by atoms with Crippen molar-refractivity contribution >= 4 is 32.1 Å². The van der Waals surface area contributed by atoms with Crippen LogP contribution in [0.2, 0.25) is 18.1 Å². The predicted molar refractivity (Wildman–Crippen MR) is 172 cm³/mol. The number of hydrogen-bond acceptors (Lipinski definition) is 7. The zero-order valence-electron chi connectivity index (χ0n) is 28.1. The molecule has 0 spiro atoms. The van der Waals surface area contributed by atoms with Crippen molar-refractivity contribution in [2.24, 2.45) is 11.8 Å². The van der Waals surface area contributed by atoms with Crippen LogP contribution >= 0.6 is 0 Å². The maximum Gasteiger partial charge on any atom is 0.330 e. The van der Waals surface area contributed by atoms with Gasteiger partial charge in [-0.15, -0.1) is 13.2 Å². The average Bonchev–Trinajstić information content (AvgIpc) is 3.81. The number of ether oxygens (including phenoxy) is 1. The van der Waals surface area contributed by atoms with Crippen LogP contribution in [0.1, 0.15) is 80.1 Å². The summed E-state index contributed by atoms with van der Waals surface area (Å²) in [5.41, 5.74) is -2.25. The monoisotopic (exact) mass is 633 g/mol. The molecule has 1 aliphatic heterocycles. The fraction of sp³-hybridized carbons (Fsp3) is 0.758. The number of nitrogens with one attached hydrogen (secondary N) is 1. The van der Waals surface area contributed by atoms with Gasteiger partial charge in [0.2, 0.25) is 11.8 Å². The quantitative estimate of drug-likeness (QED) is 0.0888. The minimum atomic E-state index is -2.29. The molecule has 44 heavy (non-hydrogen) atoms. The van der Waals surface area contributed by atoms with E-state index in [9.17, 15) is 24.3 Å². The van der Waals surface area contributed by atoms with Crippen molar-refractivity contribution in [1.29, 1.82) is 0 Å². The van der Waals surface area contributed by atoms with Gasteiger partial charge in [-0.05, 0) is 77.6 Å². The minimum Gasteiger partial charge on any atom is -0.479 e. The van der Waals surface area contributed by atoms with Crippen molar-refractivity contribution in [3.8, 4) is 0 Å². The lowest BCUT2D eigenvalue weighted by atomic mass is 10.0. The van der Waals surface area contributed by atoms with Gasteiger partial charge in [0, 0.05) is 31.5 Å². The third kappa shape index (κ3) is 8.60. The number of aliphatic carboxylic acids is 1. The number of hydrogen-bond donors (Lipinski definition) is 2. The number of carboxylic acids is 1. The lowest BCUT2D eigenvalue weighted by Crippen LogP contribution is -2.55. The number of rotatable bonds is 15. The highest BCUT2D eigenvalue weighted by atomic mass is 28.4. The first kappa shape index (κ1) is 36.0. The van der Waals surface area contributed by atoms with Crippen LogP contribution in [-0.2, 0) is 28.3 Å². The number of allylic oxidation sites excluding steroid dienone is 1. The molecule has 3 rings (SSSR count). The Kier molecular flexibility index (Phi) is 11.0. The molecular formula is C33H55N3O7Si. The molecule has 0 aromatic carbocycles. The third-order valence-electron chi connectivity index (χ3n) is 9.47. The first-order valence-electron chi connectivity index (χ1n) is 16.0. The van der Waals surface area contributed by atoms with Crippen molar-refractivity contribution in [3.05, 3.63) is 25.3 Å². The standard InChI is InChI=1S/C33H55N3O7Si/c1-11-13-14-17-35(23-15-16-23)21-25(29(39)42-31(3,4)5)28(38)36-20-24(43-44(9,10)32(6,7)8)18-26(36)27(37)34-33(30(40)41)19-22(33)12-2/h11-12,22-26H,1-2,13-21H2,3-10H3,(H,34,37)(H,40,41)/t22?,24-,25+,26+,33?/m1/s1. The number of unbranched alkanes of at least 4 members (excludes halogenated alkanes) is 1. The topological polar surface area (TPSA) is 125 Å². The molecule has 248 valence electrons. The lowest BCUT2D eigenvalue weighted by molar-refractivity contribution is -0.166. The van der Waals surface area contributed by atoms with Crippen LogP contribution in [0.3, 0.4) is 0 Å². The van der Waals surface area contributed by atoms with E-state index in [2.05, 4.69) is 57.2 Å². The SMILES string of the molecule is C=CCCCN(C[C@H](C(=O)OC(C)(C)C)C(=O)N1C[C@H](O[Si](C)(C)C(C)(C)C)C[C@H]1C(=O)NC1(C(=O)O)CC1C=C)C1CC1. The van der Waals surface area contributed by atoms with Gasteiger partial charge in [0.05, 0.1) is 6.10 Å². The van der Waals surface area contributed by atoms with Crippen molar-refractivity contribution in [3.63, 3.8) is 0 Å². The summed E-state index contributed by atoms with van der Waals surface area (Å²) in [7, 11) is -2.29. The molecule has 2 amide bonds. The van der Waals surface area contributed by atoms with Gasteiger partial charge in [-0.3, -0.25) is 19.3 Å². The number of carbonyl (C=O) groups is 4. The van der Waals surface area contributed by atoms with Gasteiger partial charge in [0.1, 0.15) is 23.1 Å². The van der Waals surface area contributed by atoms with Crippen LogP contribution in [0.15, 0.2) is 25.3 Å². The molecule has 1 saturated heterocycles. The highest BCUT2D eigenvalue weighted by molar-refractivity contribution is 6.74. The van der Waals surface area contributed by atoms with Crippen molar-refractivity contribution < 1.29 is 33.4 Å². The number of esters is 1. The third-order valence-corrected chi connectivity index (χ3v) is 14.0. The Bertz CT molecular complexity index is 1120. The second-order valence-electron chi connectivity index (χ2n) is 15.3. The number of amides is 2. The minimum absolute atomic E-state index is 0.101. The second kappa shape index (κ2) is 13.5. The molecule has 3 aliphatic rings. The molecule has 2 N–H and O–H groups in total. The smallest absolute Gasteiger partial charge is 0.330 e. The first-order valence-corrected chi connectivity index (χ1v) is 18.9. The van der Waals surface area contributed by atoms with Crippen molar-refractivity contribution in [2.45, 2.75) is 128 Å². The summed E-state index contributed by atoms with van der Waals surface area (Å²) in [6.45, 7) is 24.5. The molecule has 0 bridgehead atoms. The fourth-order valence-corrected chi connectivity index (χ4v) is 7.01. The summed E-state index contributed by atoms with van der Waals surface area (Å²) in [4.78, 5) is 57.8. The van der Waals surface area contributed by atoms with Gasteiger partial charge in [0.25, 0.3) is 0 Å². The van der Waals surface area contributed by atoms with Crippen molar-refractivity contribution in [1.82, 2.24) is 15.1 Å². The molecule has 1 heterocycles. The van der Waals surface area contributed by atoms with Crippen molar-refractivity contribution in [2.75, 3.05) is 19.6 Å². The van der Waals surface area contributed by atoms with Gasteiger partial charge in [-0.1, -0.05) is 32.9 Å². The zero-order valence-corrected chi connectivity index (χ0v) is 29.1. The molecule has 2 unspecified atom stereocenters. The zero-order chi connectivity index (χ0) is 33.3. The van der Waals surface area contributed by atoms with Gasteiger partial charge >= 0.3 is 11.9 Å². The molecule has 2 saturated carbocycles. The number of nitrogens with zero attached hydrogens (tertiary/aromatic N) is 2. The summed E-state index contributed by atoms with van der Waals surface area (Å²) in [5, 5.41) is 12.6. The maximum atomic E-state index is 14.5. The molecule has 0 radical (unpaired) electrons. The Balaban J connectivity index is 1.94. The van der Waals surface area contributed by atoms with Gasteiger partial charge in [-0.2, -0.15) is 0 Å². The number of carboxylic acid groups (broad SMARTS) is 1. The molecule has 11 heteroatoms. The van der Waals surface area contributed by atoms with E-state index in [1.165, 1.54) is 11.0 Å². The van der Waals surface area contributed by atoms with E-state index in [4.69, 9.17) is 9.16 Å². The first-order chi connectivity index (χ1) is 20.3. The van der Waals surface area contributed by atoms with E-state index >= 15 is 0 Å². The molecule has 3 fully saturated rings. The predicted octanol–water partition coefficient (Wildman–Crippen LogP) is 4.51. The van der Waals surface area contributed by atoms with Crippen LogP contribution in [-0.4, -0.2) is 95.9 Å². The second-order valence-corrected chi connectivity index (χ2v) is 20.1. The Labute approximate surface area is 264 Å². The lowest BCUT2D eigenvalue weighted by Gasteiger charge is -2.38. The fourth-order valence-electron chi connectivity index (χ4n) is 5.65. The summed E-state index contributed by atoms with van der Waals surface area (Å²) in [5.74, 6) is -4.34. The highest BCUT2D eigenvalue weighted by Gasteiger charge is 2.61. The van der Waals surface area contributed by atoms with E-state index in [0.717, 1.165) is 25.7 Å². The van der Waals surface area contributed by atoms with Gasteiger partial charge in [-0.25, -0.2) is 4.79 Å². The highest BCUT2D eigenvalue weighted by Crippen LogP contribution is 2.45. The normalized spacial score (nSPS) is 26.2. The van der Waals surface area contributed by atoms with E-state index in [1.807, 2.05) is 6.08 Å². The maximum absolute atomic E-state index is 14.5. The van der Waals surface area contributed by atoms with Crippen LogP contribution < -0.4 is 5.32 Å².